The summed E-state index contributed by atoms with van der Waals surface area (Å²) in [4.78, 5) is 10.8. The quantitative estimate of drug-likeness (QED) is 0.675. The molecule has 0 aliphatic rings. The van der Waals surface area contributed by atoms with E-state index in [0.29, 0.717) is 12.3 Å². The van der Waals surface area contributed by atoms with Crippen molar-refractivity contribution in [1.29, 1.82) is 0 Å². The first-order valence-corrected chi connectivity index (χ1v) is 6.27. The summed E-state index contributed by atoms with van der Waals surface area (Å²) >= 11 is 0. The topological polar surface area (TPSA) is 52.3 Å². The molecule has 0 bridgehead atoms. The number of nitrogens with two attached hydrogens (primary N) is 1. The van der Waals surface area contributed by atoms with E-state index in [2.05, 4.69) is 24.3 Å². The number of benzene rings is 2. The van der Waals surface area contributed by atoms with Crippen molar-refractivity contribution in [3.05, 3.63) is 54.1 Å². The molecule has 2 aromatic rings. The van der Waals surface area contributed by atoms with E-state index < -0.39 is 0 Å². The molecular weight excluding hydrogens is 238 g/mol. The molecule has 0 spiro atoms. The molecule has 0 aromatic heterocycles. The van der Waals surface area contributed by atoms with Crippen molar-refractivity contribution in [1.82, 2.24) is 0 Å². The van der Waals surface area contributed by atoms with Gasteiger partial charge in [0.1, 0.15) is 5.75 Å². The highest BCUT2D eigenvalue weighted by molar-refractivity contribution is 5.70. The van der Waals surface area contributed by atoms with Crippen molar-refractivity contribution in [2.24, 2.45) is 5.73 Å². The monoisotopic (exact) mass is 255 g/mol. The van der Waals surface area contributed by atoms with Crippen LogP contribution in [0.3, 0.4) is 0 Å². The minimum atomic E-state index is -0.307. The largest absolute Gasteiger partial charge is 0.427 e. The lowest BCUT2D eigenvalue weighted by molar-refractivity contribution is -0.131. The van der Waals surface area contributed by atoms with Gasteiger partial charge in [0, 0.05) is 6.92 Å². The highest BCUT2D eigenvalue weighted by atomic mass is 16.5. The van der Waals surface area contributed by atoms with Crippen LogP contribution in [0, 0.1) is 0 Å². The second-order valence-electron chi connectivity index (χ2n) is 4.35. The highest BCUT2D eigenvalue weighted by Crippen LogP contribution is 2.23. The van der Waals surface area contributed by atoms with E-state index in [0.717, 1.165) is 17.5 Å². The van der Waals surface area contributed by atoms with E-state index in [1.165, 1.54) is 12.5 Å². The Balaban J connectivity index is 2.15. The molecule has 0 atom stereocenters. The van der Waals surface area contributed by atoms with Gasteiger partial charge >= 0.3 is 5.97 Å². The first-order valence-electron chi connectivity index (χ1n) is 6.27. The Kier molecular flexibility index (Phi) is 4.31. The summed E-state index contributed by atoms with van der Waals surface area (Å²) in [6.45, 7) is 2.06. The fourth-order valence-corrected chi connectivity index (χ4v) is 1.91. The van der Waals surface area contributed by atoms with Crippen LogP contribution in [0.5, 0.6) is 5.75 Å². The van der Waals surface area contributed by atoms with Crippen molar-refractivity contribution in [2.75, 3.05) is 6.54 Å². The lowest BCUT2D eigenvalue weighted by Gasteiger charge is -2.05. The molecule has 3 nitrogen and oxygen atoms in total. The van der Waals surface area contributed by atoms with Gasteiger partial charge in [-0.2, -0.15) is 0 Å². The maximum Gasteiger partial charge on any atom is 0.308 e. The molecule has 2 aromatic carbocycles. The van der Waals surface area contributed by atoms with Crippen LogP contribution in [-0.2, 0) is 11.2 Å². The molecule has 0 unspecified atom stereocenters. The molecule has 0 radical (unpaired) electrons. The van der Waals surface area contributed by atoms with Crippen molar-refractivity contribution < 1.29 is 9.53 Å². The zero-order valence-corrected chi connectivity index (χ0v) is 10.9. The molecule has 0 saturated carbocycles. The first kappa shape index (κ1) is 13.3. The Hall–Kier alpha value is -2.13. The molecule has 19 heavy (non-hydrogen) atoms. The maximum atomic E-state index is 10.8. The second kappa shape index (κ2) is 6.16. The van der Waals surface area contributed by atoms with Gasteiger partial charge in [0.25, 0.3) is 0 Å². The van der Waals surface area contributed by atoms with Crippen molar-refractivity contribution in [2.45, 2.75) is 13.3 Å². The Morgan fingerprint density at radius 2 is 1.53 bits per heavy atom. The first-order chi connectivity index (χ1) is 9.19. The minimum Gasteiger partial charge on any atom is -0.427 e. The molecule has 0 aliphatic heterocycles. The number of hydrogen-bond donors (Lipinski definition) is 1. The molecule has 0 saturated heterocycles. The van der Waals surface area contributed by atoms with Gasteiger partial charge in [-0.15, -0.1) is 0 Å². The highest BCUT2D eigenvalue weighted by Gasteiger charge is 2.01. The molecule has 3 heteroatoms. The molecule has 0 heterocycles. The van der Waals surface area contributed by atoms with Crippen molar-refractivity contribution in [3.8, 4) is 16.9 Å². The summed E-state index contributed by atoms with van der Waals surface area (Å²) in [6.07, 6.45) is 0.895. The number of carbonyl (C=O) groups is 1. The Morgan fingerprint density at radius 3 is 2.00 bits per heavy atom. The number of carbonyl (C=O) groups excluding carboxylic acids is 1. The summed E-state index contributed by atoms with van der Waals surface area (Å²) in [7, 11) is 0. The summed E-state index contributed by atoms with van der Waals surface area (Å²) in [5, 5.41) is 0. The average molecular weight is 255 g/mol. The standard InChI is InChI=1S/C16H17NO2/c1-12(18)19-16-8-6-15(7-9-16)14-4-2-13(3-5-14)10-11-17/h2-9H,10-11,17H2,1H3. The number of hydrogen-bond acceptors (Lipinski definition) is 3. The van der Waals surface area contributed by atoms with Gasteiger partial charge in [-0.05, 0) is 41.8 Å². The molecule has 0 aliphatic carbocycles. The summed E-state index contributed by atoms with van der Waals surface area (Å²) in [6, 6.07) is 15.8. The zero-order valence-electron chi connectivity index (χ0n) is 10.9. The van der Waals surface area contributed by atoms with Crippen LogP contribution in [-0.4, -0.2) is 12.5 Å². The predicted octanol–water partition coefficient (Wildman–Crippen LogP) is 2.78. The third-order valence-electron chi connectivity index (χ3n) is 2.84. The van der Waals surface area contributed by atoms with E-state index in [-0.39, 0.29) is 5.97 Å². The predicted molar refractivity (Wildman–Crippen MR) is 75.9 cm³/mol. The molecule has 2 N–H and O–H groups in total. The van der Waals surface area contributed by atoms with Crippen LogP contribution in [0.2, 0.25) is 0 Å². The third kappa shape index (κ3) is 3.66. The van der Waals surface area contributed by atoms with Crippen LogP contribution in [0.4, 0.5) is 0 Å². The van der Waals surface area contributed by atoms with E-state index in [1.54, 1.807) is 12.1 Å². The molecule has 0 fully saturated rings. The van der Waals surface area contributed by atoms with Crippen LogP contribution in [0.15, 0.2) is 48.5 Å². The third-order valence-corrected chi connectivity index (χ3v) is 2.84. The number of rotatable bonds is 4. The lowest BCUT2D eigenvalue weighted by Crippen LogP contribution is -2.02. The van der Waals surface area contributed by atoms with E-state index in [9.17, 15) is 4.79 Å². The number of ether oxygens (including phenoxy) is 1. The second-order valence-corrected chi connectivity index (χ2v) is 4.35. The Labute approximate surface area is 113 Å². The Bertz CT molecular complexity index is 544. The fourth-order valence-electron chi connectivity index (χ4n) is 1.91. The Morgan fingerprint density at radius 1 is 1.00 bits per heavy atom. The van der Waals surface area contributed by atoms with E-state index >= 15 is 0 Å². The summed E-state index contributed by atoms with van der Waals surface area (Å²) in [5.74, 6) is 0.259. The van der Waals surface area contributed by atoms with Gasteiger partial charge in [-0.1, -0.05) is 36.4 Å². The average Bonchev–Trinajstić information content (AvgIpc) is 2.40. The maximum absolute atomic E-state index is 10.8. The SMILES string of the molecule is CC(=O)Oc1ccc(-c2ccc(CCN)cc2)cc1. The van der Waals surface area contributed by atoms with E-state index in [4.69, 9.17) is 10.5 Å². The minimum absolute atomic E-state index is 0.307. The summed E-state index contributed by atoms with van der Waals surface area (Å²) < 4.78 is 5.00. The van der Waals surface area contributed by atoms with Gasteiger partial charge in [0.05, 0.1) is 0 Å². The molecule has 2 rings (SSSR count). The fraction of sp³-hybridized carbons (Fsp3) is 0.188. The molecular formula is C16H17NO2. The van der Waals surface area contributed by atoms with Crippen molar-refractivity contribution in [3.63, 3.8) is 0 Å². The van der Waals surface area contributed by atoms with Crippen LogP contribution in [0.25, 0.3) is 11.1 Å². The smallest absolute Gasteiger partial charge is 0.308 e. The van der Waals surface area contributed by atoms with Gasteiger partial charge < -0.3 is 10.5 Å². The normalized spacial score (nSPS) is 10.2. The van der Waals surface area contributed by atoms with Gasteiger partial charge in [-0.25, -0.2) is 0 Å². The number of esters is 1. The van der Waals surface area contributed by atoms with Gasteiger partial charge in [0.2, 0.25) is 0 Å². The van der Waals surface area contributed by atoms with Crippen LogP contribution in [0.1, 0.15) is 12.5 Å². The van der Waals surface area contributed by atoms with Crippen molar-refractivity contribution >= 4 is 5.97 Å². The molecule has 98 valence electrons. The zero-order chi connectivity index (χ0) is 13.7. The lowest BCUT2D eigenvalue weighted by atomic mass is 10.0. The summed E-state index contributed by atoms with van der Waals surface area (Å²) in [5.41, 5.74) is 8.99. The van der Waals surface area contributed by atoms with Gasteiger partial charge in [0.15, 0.2) is 0 Å². The van der Waals surface area contributed by atoms with Crippen LogP contribution >= 0.6 is 0 Å². The molecule has 0 amide bonds. The van der Waals surface area contributed by atoms with Crippen LogP contribution < -0.4 is 10.5 Å². The van der Waals surface area contributed by atoms with Gasteiger partial charge in [-0.3, -0.25) is 4.79 Å². The van der Waals surface area contributed by atoms with E-state index in [1.807, 2.05) is 12.1 Å².